The van der Waals surface area contributed by atoms with Gasteiger partial charge in [0.15, 0.2) is 17.2 Å². The van der Waals surface area contributed by atoms with Gasteiger partial charge in [0.1, 0.15) is 11.3 Å². The number of nitrogens with one attached hydrogen (secondary N) is 1. The highest BCUT2D eigenvalue weighted by atomic mass is 19.4. The van der Waals surface area contributed by atoms with E-state index < -0.39 is 11.9 Å². The lowest BCUT2D eigenvalue weighted by Gasteiger charge is -2.27. The van der Waals surface area contributed by atoms with E-state index in [1.54, 1.807) is 39.6 Å². The minimum atomic E-state index is -4.50. The van der Waals surface area contributed by atoms with Gasteiger partial charge in [0.25, 0.3) is 0 Å². The van der Waals surface area contributed by atoms with Gasteiger partial charge in [-0.2, -0.15) is 13.2 Å². The summed E-state index contributed by atoms with van der Waals surface area (Å²) < 4.78 is 43.0. The third-order valence-electron chi connectivity index (χ3n) is 6.91. The quantitative estimate of drug-likeness (QED) is 0.386. The number of aromatic amines is 1. The van der Waals surface area contributed by atoms with Crippen LogP contribution in [-0.2, 0) is 12.7 Å². The van der Waals surface area contributed by atoms with Gasteiger partial charge >= 0.3 is 11.9 Å². The van der Waals surface area contributed by atoms with E-state index in [1.165, 1.54) is 0 Å². The van der Waals surface area contributed by atoms with Crippen LogP contribution in [0.3, 0.4) is 0 Å². The summed E-state index contributed by atoms with van der Waals surface area (Å²) in [5, 5.41) is 0. The number of aromatic nitrogens is 6. The Labute approximate surface area is 216 Å². The number of imidazole rings is 2. The second-order valence-electron chi connectivity index (χ2n) is 10.0. The number of nitrogens with zero attached hydrogens (tertiary/aromatic N) is 6. The molecule has 1 fully saturated rings. The summed E-state index contributed by atoms with van der Waals surface area (Å²) in [5.74, 6) is 0.862. The van der Waals surface area contributed by atoms with Crippen LogP contribution in [0, 0.1) is 0 Å². The molecular formula is C27H26F3N7O. The minimum Gasteiger partial charge on any atom is -0.371 e. The van der Waals surface area contributed by atoms with Crippen molar-refractivity contribution in [3.63, 3.8) is 0 Å². The van der Waals surface area contributed by atoms with Gasteiger partial charge in [-0.25, -0.2) is 19.7 Å². The summed E-state index contributed by atoms with van der Waals surface area (Å²) >= 11 is 0. The average Bonchev–Trinajstić information content (AvgIpc) is 3.56. The van der Waals surface area contributed by atoms with Crippen LogP contribution in [-0.4, -0.2) is 46.6 Å². The molecule has 0 bridgehead atoms. The van der Waals surface area contributed by atoms with Crippen molar-refractivity contribution in [2.45, 2.75) is 51.5 Å². The first-order valence-electron chi connectivity index (χ1n) is 12.5. The molecule has 0 radical (unpaired) electrons. The van der Waals surface area contributed by atoms with E-state index in [2.05, 4.69) is 33.7 Å². The summed E-state index contributed by atoms with van der Waals surface area (Å²) in [4.78, 5) is 30.8. The molecule has 1 aliphatic heterocycles. The van der Waals surface area contributed by atoms with Crippen molar-refractivity contribution in [2.75, 3.05) is 6.54 Å². The summed E-state index contributed by atoms with van der Waals surface area (Å²) in [7, 11) is 0. The topological polar surface area (TPSA) is 84.6 Å². The maximum atomic E-state index is 13.3. The molecule has 8 nitrogen and oxygen atoms in total. The molecule has 11 heteroatoms. The molecule has 38 heavy (non-hydrogen) atoms. The largest absolute Gasteiger partial charge is 0.434 e. The fraction of sp³-hybridized carbons (Fsp3) is 0.333. The lowest BCUT2D eigenvalue weighted by atomic mass is 10.1. The number of benzene rings is 1. The molecular weight excluding hydrogens is 495 g/mol. The fourth-order valence-electron chi connectivity index (χ4n) is 4.64. The lowest BCUT2D eigenvalue weighted by Crippen LogP contribution is -2.28. The highest BCUT2D eigenvalue weighted by Crippen LogP contribution is 2.41. The van der Waals surface area contributed by atoms with Crippen LogP contribution in [0.5, 0.6) is 0 Å². The fourth-order valence-corrected chi connectivity index (χ4v) is 4.64. The molecule has 0 spiro atoms. The van der Waals surface area contributed by atoms with E-state index in [4.69, 9.17) is 4.98 Å². The molecule has 0 unspecified atom stereocenters. The van der Waals surface area contributed by atoms with E-state index in [1.807, 2.05) is 18.4 Å². The van der Waals surface area contributed by atoms with Crippen molar-refractivity contribution >= 4 is 16.7 Å². The molecule has 6 rings (SSSR count). The Morgan fingerprint density at radius 2 is 1.89 bits per heavy atom. The number of hydrogen-bond donors (Lipinski definition) is 1. The first kappa shape index (κ1) is 24.2. The summed E-state index contributed by atoms with van der Waals surface area (Å²) in [5.41, 5.74) is 2.20. The number of alkyl halides is 3. The second-order valence-corrected chi connectivity index (χ2v) is 10.0. The summed E-state index contributed by atoms with van der Waals surface area (Å²) in [6.07, 6.45) is 5.87. The highest BCUT2D eigenvalue weighted by Gasteiger charge is 2.37. The monoisotopic (exact) mass is 521 g/mol. The number of rotatable bonds is 6. The van der Waals surface area contributed by atoms with Crippen LogP contribution in [0.15, 0.2) is 59.8 Å². The van der Waals surface area contributed by atoms with Crippen LogP contribution < -0.4 is 5.69 Å². The van der Waals surface area contributed by atoms with Crippen LogP contribution in [0.1, 0.15) is 49.8 Å². The standard InChI is InChI=1S/C27H26F3N7O/c1-16(2)35-11-3-4-19(14-35)23-31-12-21-25(34-23)37(26(38)32-21)13-17-5-7-18(8-6-17)24-33-22(27(28,29)30)15-36(24)20-9-10-20/h3-8,11-12,15-16,20H,9-10,13-14H2,1-2H3,(H,32,38). The minimum absolute atomic E-state index is 0.0503. The zero-order chi connectivity index (χ0) is 26.6. The number of halogens is 3. The van der Waals surface area contributed by atoms with E-state index in [9.17, 15) is 18.0 Å². The van der Waals surface area contributed by atoms with Crippen molar-refractivity contribution in [1.82, 2.24) is 34.0 Å². The van der Waals surface area contributed by atoms with Crippen molar-refractivity contribution in [3.8, 4) is 11.4 Å². The van der Waals surface area contributed by atoms with Crippen LogP contribution in [0.4, 0.5) is 13.2 Å². The predicted molar refractivity (Wildman–Crippen MR) is 137 cm³/mol. The van der Waals surface area contributed by atoms with Gasteiger partial charge in [-0.05, 0) is 44.5 Å². The third-order valence-corrected chi connectivity index (χ3v) is 6.91. The maximum absolute atomic E-state index is 13.3. The number of fused-ring (bicyclic) bond motifs is 1. The average molecular weight is 522 g/mol. The third kappa shape index (κ3) is 4.52. The van der Waals surface area contributed by atoms with Gasteiger partial charge in [-0.3, -0.25) is 4.57 Å². The van der Waals surface area contributed by atoms with Gasteiger partial charge in [0.05, 0.1) is 12.7 Å². The van der Waals surface area contributed by atoms with Gasteiger partial charge < -0.3 is 14.5 Å². The van der Waals surface area contributed by atoms with Crippen molar-refractivity contribution in [1.29, 1.82) is 0 Å². The van der Waals surface area contributed by atoms with Gasteiger partial charge in [0.2, 0.25) is 0 Å². The predicted octanol–water partition coefficient (Wildman–Crippen LogP) is 5.01. The Kier molecular flexibility index (Phi) is 5.73. The molecule has 3 aromatic heterocycles. The van der Waals surface area contributed by atoms with E-state index in [0.717, 1.165) is 30.2 Å². The molecule has 2 aliphatic rings. The molecule has 1 N–H and O–H groups in total. The SMILES string of the molecule is CC(C)N1C=CC=C(c2ncc3[nH]c(=O)n(Cc4ccc(-c5nc(C(F)(F)F)cn5C5CC5)cc4)c3n2)C1. The number of hydrogen-bond acceptors (Lipinski definition) is 5. The van der Waals surface area contributed by atoms with Gasteiger partial charge in [0, 0.05) is 36.0 Å². The number of allylic oxidation sites excluding steroid dienone is 2. The van der Waals surface area contributed by atoms with Crippen molar-refractivity contribution in [2.24, 2.45) is 0 Å². The highest BCUT2D eigenvalue weighted by molar-refractivity contribution is 5.74. The molecule has 196 valence electrons. The molecule has 4 aromatic rings. The first-order valence-corrected chi connectivity index (χ1v) is 12.5. The van der Waals surface area contributed by atoms with Crippen molar-refractivity contribution < 1.29 is 13.2 Å². The molecule has 1 saturated carbocycles. The van der Waals surface area contributed by atoms with Crippen LogP contribution in [0.25, 0.3) is 28.1 Å². The Morgan fingerprint density at radius 1 is 1.13 bits per heavy atom. The molecule has 0 amide bonds. The summed E-state index contributed by atoms with van der Waals surface area (Å²) in [6.45, 7) is 5.14. The Hall–Kier alpha value is -4.15. The van der Waals surface area contributed by atoms with E-state index >= 15 is 0 Å². The van der Waals surface area contributed by atoms with E-state index in [0.29, 0.717) is 41.0 Å². The van der Waals surface area contributed by atoms with Gasteiger partial charge in [-0.1, -0.05) is 30.3 Å². The van der Waals surface area contributed by atoms with Crippen LogP contribution >= 0.6 is 0 Å². The zero-order valence-corrected chi connectivity index (χ0v) is 20.9. The number of H-pyrrole nitrogens is 1. The molecule has 0 atom stereocenters. The van der Waals surface area contributed by atoms with Crippen molar-refractivity contribution in [3.05, 3.63) is 82.6 Å². The Balaban J connectivity index is 1.29. The second kappa shape index (κ2) is 9.00. The van der Waals surface area contributed by atoms with Gasteiger partial charge in [-0.15, -0.1) is 0 Å². The Bertz CT molecular complexity index is 1620. The normalized spacial score (nSPS) is 16.1. The van der Waals surface area contributed by atoms with Crippen LogP contribution in [0.2, 0.25) is 0 Å². The zero-order valence-electron chi connectivity index (χ0n) is 20.9. The lowest BCUT2D eigenvalue weighted by molar-refractivity contribution is -0.140. The Morgan fingerprint density at radius 3 is 2.58 bits per heavy atom. The molecule has 4 heterocycles. The summed E-state index contributed by atoms with van der Waals surface area (Å²) in [6, 6.07) is 7.48. The molecule has 1 aliphatic carbocycles. The molecule has 0 saturated heterocycles. The first-order chi connectivity index (χ1) is 18.2. The smallest absolute Gasteiger partial charge is 0.371 e. The maximum Gasteiger partial charge on any atom is 0.434 e. The van der Waals surface area contributed by atoms with E-state index in [-0.39, 0.29) is 18.3 Å². The molecule has 1 aromatic carbocycles.